The summed E-state index contributed by atoms with van der Waals surface area (Å²) in [6, 6.07) is 29.1. The van der Waals surface area contributed by atoms with Gasteiger partial charge in [0.2, 0.25) is 5.54 Å². The van der Waals surface area contributed by atoms with Crippen LogP contribution in [-0.4, -0.2) is 36.0 Å². The van der Waals surface area contributed by atoms with Crippen LogP contribution in [0.15, 0.2) is 108 Å². The van der Waals surface area contributed by atoms with E-state index in [1.807, 2.05) is 60.7 Å². The molecular formula is C31H24F3N3O4. The summed E-state index contributed by atoms with van der Waals surface area (Å²) in [5.74, 6) is -3.50. The SMILES string of the molecule is CN1C(=O)C(c2ccccc2OC(=O)C(F)(F)F)(c2cccc(-c3ccccc3)c2OCc2ccccc2)N=C1N. The Morgan fingerprint density at radius 3 is 2.12 bits per heavy atom. The molecule has 0 radical (unpaired) electrons. The van der Waals surface area contributed by atoms with Crippen molar-refractivity contribution in [2.45, 2.75) is 18.3 Å². The van der Waals surface area contributed by atoms with Gasteiger partial charge in [-0.05, 0) is 17.2 Å². The first-order chi connectivity index (χ1) is 19.6. The highest BCUT2D eigenvalue weighted by Crippen LogP contribution is 2.49. The highest BCUT2D eigenvalue weighted by Gasteiger charge is 2.53. The van der Waals surface area contributed by atoms with Crippen LogP contribution in [-0.2, 0) is 21.7 Å². The normalized spacial score (nSPS) is 16.8. The smallest absolute Gasteiger partial charge is 0.488 e. The minimum atomic E-state index is -5.27. The van der Waals surface area contributed by atoms with Crippen LogP contribution in [0.4, 0.5) is 13.2 Å². The van der Waals surface area contributed by atoms with Crippen molar-refractivity contribution < 1.29 is 32.2 Å². The zero-order valence-corrected chi connectivity index (χ0v) is 21.8. The Balaban J connectivity index is 1.77. The number of ether oxygens (including phenoxy) is 2. The molecule has 1 unspecified atom stereocenters. The van der Waals surface area contributed by atoms with Crippen molar-refractivity contribution in [2.75, 3.05) is 7.05 Å². The second-order valence-electron chi connectivity index (χ2n) is 9.25. The monoisotopic (exact) mass is 559 g/mol. The molecule has 0 aromatic heterocycles. The van der Waals surface area contributed by atoms with Crippen molar-refractivity contribution in [3.63, 3.8) is 0 Å². The Labute approximate surface area is 233 Å². The number of esters is 1. The number of benzene rings is 4. The van der Waals surface area contributed by atoms with Gasteiger partial charge in [-0.25, -0.2) is 9.79 Å². The highest BCUT2D eigenvalue weighted by atomic mass is 19.4. The maximum absolute atomic E-state index is 14.1. The second kappa shape index (κ2) is 10.8. The molecule has 1 aliphatic heterocycles. The number of para-hydroxylation sites is 2. The topological polar surface area (TPSA) is 94.2 Å². The third kappa shape index (κ3) is 5.11. The number of hydrogen-bond donors (Lipinski definition) is 1. The molecule has 5 rings (SSSR count). The van der Waals surface area contributed by atoms with Gasteiger partial charge in [0.25, 0.3) is 5.91 Å². The van der Waals surface area contributed by atoms with Crippen molar-refractivity contribution in [3.05, 3.63) is 120 Å². The van der Waals surface area contributed by atoms with Gasteiger partial charge in [-0.1, -0.05) is 97.1 Å². The number of rotatable bonds is 7. The quantitative estimate of drug-likeness (QED) is 0.241. The summed E-state index contributed by atoms with van der Waals surface area (Å²) < 4.78 is 50.8. The van der Waals surface area contributed by atoms with Crippen molar-refractivity contribution in [1.82, 2.24) is 4.90 Å². The molecule has 1 atom stereocenters. The number of likely N-dealkylation sites (N-methyl/N-ethyl adjacent to an activating group) is 1. The number of carbonyl (C=O) groups excluding carboxylic acids is 2. The van der Waals surface area contributed by atoms with E-state index < -0.39 is 29.3 Å². The summed E-state index contributed by atoms with van der Waals surface area (Å²) in [5, 5.41) is 0. The molecule has 0 spiro atoms. The van der Waals surface area contributed by atoms with E-state index in [2.05, 4.69) is 4.99 Å². The number of aliphatic imine (C=N–C) groups is 1. The summed E-state index contributed by atoms with van der Waals surface area (Å²) in [6.45, 7) is 0.113. The van der Waals surface area contributed by atoms with Gasteiger partial charge >= 0.3 is 12.1 Å². The Morgan fingerprint density at radius 1 is 0.878 bits per heavy atom. The number of amides is 1. The minimum Gasteiger partial charge on any atom is -0.488 e. The number of carbonyl (C=O) groups is 2. The molecule has 1 heterocycles. The van der Waals surface area contributed by atoms with Gasteiger partial charge in [0.15, 0.2) is 5.96 Å². The lowest BCUT2D eigenvalue weighted by Crippen LogP contribution is -2.42. The van der Waals surface area contributed by atoms with Gasteiger partial charge in [-0.2, -0.15) is 13.2 Å². The number of nitrogens with zero attached hydrogens (tertiary/aromatic N) is 2. The number of guanidine groups is 1. The van der Waals surface area contributed by atoms with Gasteiger partial charge < -0.3 is 15.2 Å². The number of nitrogens with two attached hydrogens (primary N) is 1. The van der Waals surface area contributed by atoms with Crippen LogP contribution in [0, 0.1) is 0 Å². The number of alkyl halides is 3. The van der Waals surface area contributed by atoms with Crippen LogP contribution in [0.25, 0.3) is 11.1 Å². The van der Waals surface area contributed by atoms with Crippen LogP contribution in [0.2, 0.25) is 0 Å². The standard InChI is InChI=1S/C31H24F3N3O4/c1-37-27(38)30(36-29(37)35,23-16-8-9-18-25(23)41-28(39)31(32,33)34)24-17-10-15-22(21-13-6-3-7-14-21)26(24)40-19-20-11-4-2-5-12-20/h2-18H,19H2,1H3,(H2,35,36). The van der Waals surface area contributed by atoms with Gasteiger partial charge in [0.1, 0.15) is 18.1 Å². The predicted octanol–water partition coefficient (Wildman–Crippen LogP) is 5.43. The van der Waals surface area contributed by atoms with E-state index in [1.54, 1.807) is 18.2 Å². The maximum Gasteiger partial charge on any atom is 0.491 e. The minimum absolute atomic E-state index is 0.107. The maximum atomic E-state index is 14.1. The lowest BCUT2D eigenvalue weighted by atomic mass is 9.80. The molecule has 2 N–H and O–H groups in total. The fourth-order valence-corrected chi connectivity index (χ4v) is 4.70. The van der Waals surface area contributed by atoms with Crippen molar-refractivity contribution in [1.29, 1.82) is 0 Å². The molecule has 1 aliphatic rings. The van der Waals surface area contributed by atoms with Crippen LogP contribution in [0.5, 0.6) is 11.5 Å². The molecular weight excluding hydrogens is 535 g/mol. The van der Waals surface area contributed by atoms with E-state index in [0.29, 0.717) is 5.56 Å². The lowest BCUT2D eigenvalue weighted by Gasteiger charge is -2.30. The van der Waals surface area contributed by atoms with Crippen molar-refractivity contribution in [2.24, 2.45) is 10.7 Å². The van der Waals surface area contributed by atoms with E-state index in [1.165, 1.54) is 31.3 Å². The van der Waals surface area contributed by atoms with Crippen LogP contribution in [0.3, 0.4) is 0 Å². The van der Waals surface area contributed by atoms with Crippen molar-refractivity contribution in [3.8, 4) is 22.6 Å². The summed E-state index contributed by atoms with van der Waals surface area (Å²) >= 11 is 0. The molecule has 4 aromatic rings. The largest absolute Gasteiger partial charge is 0.491 e. The van der Waals surface area contributed by atoms with Crippen LogP contribution < -0.4 is 15.2 Å². The average Bonchev–Trinajstić information content (AvgIpc) is 3.21. The Morgan fingerprint density at radius 2 is 1.49 bits per heavy atom. The van der Waals surface area contributed by atoms with Crippen molar-refractivity contribution >= 4 is 17.8 Å². The first-order valence-corrected chi connectivity index (χ1v) is 12.5. The molecule has 4 aromatic carbocycles. The molecule has 0 aliphatic carbocycles. The molecule has 0 saturated heterocycles. The summed E-state index contributed by atoms with van der Waals surface area (Å²) in [5.41, 5.74) is 6.42. The molecule has 0 bridgehead atoms. The van der Waals surface area contributed by atoms with Gasteiger partial charge in [-0.3, -0.25) is 9.69 Å². The third-order valence-electron chi connectivity index (χ3n) is 6.67. The van der Waals surface area contributed by atoms with E-state index in [0.717, 1.165) is 16.0 Å². The molecule has 10 heteroatoms. The molecule has 0 fully saturated rings. The summed E-state index contributed by atoms with van der Waals surface area (Å²) in [7, 11) is 1.40. The molecule has 0 saturated carbocycles. The molecule has 1 amide bonds. The van der Waals surface area contributed by atoms with Gasteiger partial charge in [0, 0.05) is 23.7 Å². The third-order valence-corrected chi connectivity index (χ3v) is 6.67. The van der Waals surface area contributed by atoms with Crippen LogP contribution in [0.1, 0.15) is 16.7 Å². The Bertz CT molecular complexity index is 1620. The Kier molecular flexibility index (Phi) is 7.23. The molecule has 208 valence electrons. The van der Waals surface area contributed by atoms with E-state index in [4.69, 9.17) is 15.2 Å². The second-order valence-corrected chi connectivity index (χ2v) is 9.25. The van der Waals surface area contributed by atoms with E-state index >= 15 is 0 Å². The highest BCUT2D eigenvalue weighted by molar-refractivity contribution is 6.10. The first kappa shape index (κ1) is 27.4. The lowest BCUT2D eigenvalue weighted by molar-refractivity contribution is -0.189. The number of halogens is 3. The Hall–Kier alpha value is -5.12. The summed E-state index contributed by atoms with van der Waals surface area (Å²) in [4.78, 5) is 31.6. The molecule has 41 heavy (non-hydrogen) atoms. The van der Waals surface area contributed by atoms with Gasteiger partial charge in [0.05, 0.1) is 0 Å². The predicted molar refractivity (Wildman–Crippen MR) is 146 cm³/mol. The van der Waals surface area contributed by atoms with Gasteiger partial charge in [-0.15, -0.1) is 0 Å². The first-order valence-electron chi connectivity index (χ1n) is 12.5. The van der Waals surface area contributed by atoms with E-state index in [9.17, 15) is 22.8 Å². The zero-order valence-electron chi connectivity index (χ0n) is 21.8. The zero-order chi connectivity index (χ0) is 29.2. The fraction of sp³-hybridized carbons (Fsp3) is 0.129. The number of hydrogen-bond acceptors (Lipinski definition) is 6. The van der Waals surface area contributed by atoms with Crippen LogP contribution >= 0.6 is 0 Å². The average molecular weight is 560 g/mol. The van der Waals surface area contributed by atoms with E-state index in [-0.39, 0.29) is 29.4 Å². The summed E-state index contributed by atoms with van der Waals surface area (Å²) in [6.07, 6.45) is -5.27. The fourth-order valence-electron chi connectivity index (χ4n) is 4.70. The molecule has 7 nitrogen and oxygen atoms in total.